The summed E-state index contributed by atoms with van der Waals surface area (Å²) in [7, 11) is 0. The zero-order chi connectivity index (χ0) is 10.9. The van der Waals surface area contributed by atoms with Gasteiger partial charge in [0.25, 0.3) is 0 Å². The highest BCUT2D eigenvalue weighted by molar-refractivity contribution is 5.70. The summed E-state index contributed by atoms with van der Waals surface area (Å²) in [5, 5.41) is 3.12. The van der Waals surface area contributed by atoms with E-state index in [0.29, 0.717) is 25.9 Å². The van der Waals surface area contributed by atoms with E-state index in [4.69, 9.17) is 14.2 Å². The molecule has 1 aliphatic heterocycles. The van der Waals surface area contributed by atoms with Gasteiger partial charge in [-0.05, 0) is 13.3 Å². The SMILES string of the molecule is CCOC(=O)COCCCOC1CNC1. The molecule has 1 aliphatic rings. The Bertz CT molecular complexity index is 182. The number of carbonyl (C=O) groups is 1. The van der Waals surface area contributed by atoms with Crippen LogP contribution in [0.3, 0.4) is 0 Å². The minimum atomic E-state index is -0.304. The van der Waals surface area contributed by atoms with Crippen molar-refractivity contribution >= 4 is 5.97 Å². The number of esters is 1. The first-order valence-electron chi connectivity index (χ1n) is 5.38. The first-order chi connectivity index (χ1) is 7.33. The first kappa shape index (κ1) is 12.4. The topological polar surface area (TPSA) is 56.8 Å². The molecule has 0 radical (unpaired) electrons. The highest BCUT2D eigenvalue weighted by Crippen LogP contribution is 1.98. The lowest BCUT2D eigenvalue weighted by Gasteiger charge is -2.26. The van der Waals surface area contributed by atoms with Crippen LogP contribution in [0.4, 0.5) is 0 Å². The Morgan fingerprint density at radius 2 is 2.20 bits per heavy atom. The lowest BCUT2D eigenvalue weighted by atomic mass is 10.2. The highest BCUT2D eigenvalue weighted by Gasteiger charge is 2.16. The van der Waals surface area contributed by atoms with Crippen molar-refractivity contribution in [1.82, 2.24) is 5.32 Å². The Balaban J connectivity index is 1.78. The third-order valence-corrected chi connectivity index (χ3v) is 2.06. The molecule has 1 N–H and O–H groups in total. The molecule has 0 spiro atoms. The van der Waals surface area contributed by atoms with Gasteiger partial charge >= 0.3 is 5.97 Å². The molecule has 0 aromatic rings. The normalized spacial score (nSPS) is 16.1. The summed E-state index contributed by atoms with van der Waals surface area (Å²) in [4.78, 5) is 10.9. The maximum Gasteiger partial charge on any atom is 0.332 e. The van der Waals surface area contributed by atoms with E-state index in [9.17, 15) is 4.79 Å². The second kappa shape index (κ2) is 7.62. The Kier molecular flexibility index (Phi) is 6.31. The maximum atomic E-state index is 10.9. The van der Waals surface area contributed by atoms with E-state index in [0.717, 1.165) is 19.5 Å². The van der Waals surface area contributed by atoms with Crippen molar-refractivity contribution in [2.45, 2.75) is 19.4 Å². The van der Waals surface area contributed by atoms with Crippen molar-refractivity contribution in [3.05, 3.63) is 0 Å². The molecule has 1 heterocycles. The van der Waals surface area contributed by atoms with Crippen LogP contribution in [0.5, 0.6) is 0 Å². The molecule has 5 heteroatoms. The summed E-state index contributed by atoms with van der Waals surface area (Å²) >= 11 is 0. The van der Waals surface area contributed by atoms with E-state index < -0.39 is 0 Å². The van der Waals surface area contributed by atoms with Gasteiger partial charge in [0.05, 0.1) is 12.7 Å². The molecule has 1 fully saturated rings. The summed E-state index contributed by atoms with van der Waals surface area (Å²) in [5.74, 6) is -0.304. The van der Waals surface area contributed by atoms with Crippen molar-refractivity contribution in [1.29, 1.82) is 0 Å². The standard InChI is InChI=1S/C10H19NO4/c1-2-14-10(12)8-13-4-3-5-15-9-6-11-7-9/h9,11H,2-8H2,1H3. The van der Waals surface area contributed by atoms with Crippen LogP contribution in [0.1, 0.15) is 13.3 Å². The molecule has 0 bridgehead atoms. The fourth-order valence-electron chi connectivity index (χ4n) is 1.15. The van der Waals surface area contributed by atoms with E-state index in [2.05, 4.69) is 5.32 Å². The van der Waals surface area contributed by atoms with Crippen molar-refractivity contribution in [2.24, 2.45) is 0 Å². The van der Waals surface area contributed by atoms with E-state index in [1.54, 1.807) is 6.92 Å². The van der Waals surface area contributed by atoms with Gasteiger partial charge in [-0.25, -0.2) is 4.79 Å². The minimum Gasteiger partial charge on any atom is -0.464 e. The van der Waals surface area contributed by atoms with Crippen molar-refractivity contribution in [2.75, 3.05) is 39.5 Å². The molecular weight excluding hydrogens is 198 g/mol. The van der Waals surface area contributed by atoms with Crippen molar-refractivity contribution in [3.8, 4) is 0 Å². The fourth-order valence-corrected chi connectivity index (χ4v) is 1.15. The van der Waals surface area contributed by atoms with E-state index in [1.165, 1.54) is 0 Å². The number of hydrogen-bond donors (Lipinski definition) is 1. The van der Waals surface area contributed by atoms with Gasteiger partial charge in [-0.3, -0.25) is 0 Å². The number of carbonyl (C=O) groups excluding carboxylic acids is 1. The van der Waals surface area contributed by atoms with Gasteiger partial charge in [0.1, 0.15) is 6.61 Å². The minimum absolute atomic E-state index is 0.0405. The Labute approximate surface area is 90.1 Å². The molecule has 1 rings (SSSR count). The average Bonchev–Trinajstić information content (AvgIpc) is 2.14. The van der Waals surface area contributed by atoms with E-state index in [-0.39, 0.29) is 12.6 Å². The number of ether oxygens (including phenoxy) is 3. The lowest BCUT2D eigenvalue weighted by molar-refractivity contribution is -0.148. The molecule has 0 aromatic carbocycles. The van der Waals surface area contributed by atoms with Gasteiger partial charge in [0, 0.05) is 26.3 Å². The smallest absolute Gasteiger partial charge is 0.332 e. The first-order valence-corrected chi connectivity index (χ1v) is 5.38. The van der Waals surface area contributed by atoms with E-state index >= 15 is 0 Å². The monoisotopic (exact) mass is 217 g/mol. The molecule has 0 aliphatic carbocycles. The fraction of sp³-hybridized carbons (Fsp3) is 0.900. The maximum absolute atomic E-state index is 10.9. The third-order valence-electron chi connectivity index (χ3n) is 2.06. The zero-order valence-electron chi connectivity index (χ0n) is 9.16. The number of hydrogen-bond acceptors (Lipinski definition) is 5. The number of rotatable bonds is 8. The summed E-state index contributed by atoms with van der Waals surface area (Å²) in [6.07, 6.45) is 1.19. The van der Waals surface area contributed by atoms with Gasteiger partial charge in [0.15, 0.2) is 0 Å². The van der Waals surface area contributed by atoms with Crippen molar-refractivity contribution in [3.63, 3.8) is 0 Å². The van der Waals surface area contributed by atoms with Gasteiger partial charge in [-0.15, -0.1) is 0 Å². The summed E-state index contributed by atoms with van der Waals surface area (Å²) in [5.41, 5.74) is 0. The van der Waals surface area contributed by atoms with Crippen LogP contribution in [0.15, 0.2) is 0 Å². The van der Waals surface area contributed by atoms with Gasteiger partial charge < -0.3 is 19.5 Å². The third kappa shape index (κ3) is 5.71. The lowest BCUT2D eigenvalue weighted by Crippen LogP contribution is -2.48. The van der Waals surface area contributed by atoms with Crippen LogP contribution in [0.25, 0.3) is 0 Å². The summed E-state index contributed by atoms with van der Waals surface area (Å²) in [6, 6.07) is 0. The Hall–Kier alpha value is -0.650. The molecule has 88 valence electrons. The van der Waals surface area contributed by atoms with Crippen LogP contribution in [-0.2, 0) is 19.0 Å². The molecule has 0 atom stereocenters. The largest absolute Gasteiger partial charge is 0.464 e. The molecule has 1 saturated heterocycles. The van der Waals surface area contributed by atoms with Crippen LogP contribution in [0, 0.1) is 0 Å². The Morgan fingerprint density at radius 3 is 2.80 bits per heavy atom. The molecular formula is C10H19NO4. The Morgan fingerprint density at radius 1 is 1.40 bits per heavy atom. The molecule has 15 heavy (non-hydrogen) atoms. The predicted octanol–water partition coefficient (Wildman–Crippen LogP) is -0.0554. The molecule has 5 nitrogen and oxygen atoms in total. The zero-order valence-corrected chi connectivity index (χ0v) is 9.16. The molecule has 0 unspecified atom stereocenters. The van der Waals surface area contributed by atoms with Crippen LogP contribution in [-0.4, -0.2) is 51.6 Å². The quantitative estimate of drug-likeness (QED) is 0.456. The van der Waals surface area contributed by atoms with Crippen LogP contribution in [0.2, 0.25) is 0 Å². The molecule has 0 amide bonds. The number of nitrogens with one attached hydrogen (secondary N) is 1. The predicted molar refractivity (Wildman–Crippen MR) is 54.7 cm³/mol. The van der Waals surface area contributed by atoms with Gasteiger partial charge in [-0.2, -0.15) is 0 Å². The van der Waals surface area contributed by atoms with Crippen LogP contribution < -0.4 is 5.32 Å². The summed E-state index contributed by atoms with van der Waals surface area (Å²) in [6.45, 7) is 5.35. The average molecular weight is 217 g/mol. The summed E-state index contributed by atoms with van der Waals surface area (Å²) < 4.78 is 15.3. The van der Waals surface area contributed by atoms with Crippen molar-refractivity contribution < 1.29 is 19.0 Å². The van der Waals surface area contributed by atoms with E-state index in [1.807, 2.05) is 0 Å². The van der Waals surface area contributed by atoms with Gasteiger partial charge in [0.2, 0.25) is 0 Å². The second-order valence-corrected chi connectivity index (χ2v) is 3.36. The van der Waals surface area contributed by atoms with Gasteiger partial charge in [-0.1, -0.05) is 0 Å². The second-order valence-electron chi connectivity index (χ2n) is 3.36. The molecule has 0 saturated carbocycles. The molecule has 0 aromatic heterocycles. The van der Waals surface area contributed by atoms with Crippen LogP contribution >= 0.6 is 0 Å². The highest BCUT2D eigenvalue weighted by atomic mass is 16.6.